The van der Waals surface area contributed by atoms with Gasteiger partial charge >= 0.3 is 0 Å². The predicted molar refractivity (Wildman–Crippen MR) is 96.7 cm³/mol. The van der Waals surface area contributed by atoms with Crippen molar-refractivity contribution < 1.29 is 13.2 Å². The molecule has 1 fully saturated rings. The third-order valence-corrected chi connectivity index (χ3v) is 5.84. The lowest BCUT2D eigenvalue weighted by Gasteiger charge is -2.12. The van der Waals surface area contributed by atoms with E-state index in [0.29, 0.717) is 5.69 Å². The minimum absolute atomic E-state index is 0.0787. The van der Waals surface area contributed by atoms with Gasteiger partial charge in [0.15, 0.2) is 9.84 Å². The number of hydrogen-bond donors (Lipinski definition) is 3. The third-order valence-electron chi connectivity index (χ3n) is 4.11. The lowest BCUT2D eigenvalue weighted by atomic mass is 10.0. The summed E-state index contributed by atoms with van der Waals surface area (Å²) in [4.78, 5) is 12.4. The van der Waals surface area contributed by atoms with Crippen molar-refractivity contribution in [3.63, 3.8) is 0 Å². The van der Waals surface area contributed by atoms with Crippen LogP contribution in [0, 0.1) is 0 Å². The number of carbonyl (C=O) groups excluding carboxylic acids is 1. The molecule has 0 aromatic heterocycles. The number of sulfone groups is 1. The van der Waals surface area contributed by atoms with Gasteiger partial charge in [-0.25, -0.2) is 8.42 Å². The summed E-state index contributed by atoms with van der Waals surface area (Å²) in [7, 11) is -3.45. The molecule has 0 saturated carbocycles. The van der Waals surface area contributed by atoms with E-state index in [-0.39, 0.29) is 29.0 Å². The van der Waals surface area contributed by atoms with Crippen molar-refractivity contribution in [1.82, 2.24) is 10.9 Å². The number of hydrazine groups is 1. The van der Waals surface area contributed by atoms with Crippen LogP contribution in [0.3, 0.4) is 0 Å². The van der Waals surface area contributed by atoms with E-state index in [9.17, 15) is 13.2 Å². The zero-order valence-corrected chi connectivity index (χ0v) is 14.6. The number of hydrogen-bond acceptors (Lipinski definition) is 5. The van der Waals surface area contributed by atoms with Gasteiger partial charge in [-0.1, -0.05) is 30.3 Å². The molecule has 1 aliphatic rings. The van der Waals surface area contributed by atoms with Crippen molar-refractivity contribution >= 4 is 21.4 Å². The largest absolute Gasteiger partial charge is 0.326 e. The normalized spacial score (nSPS) is 17.4. The highest BCUT2D eigenvalue weighted by Crippen LogP contribution is 2.22. The fourth-order valence-electron chi connectivity index (χ4n) is 2.76. The van der Waals surface area contributed by atoms with Crippen LogP contribution in [0.5, 0.6) is 0 Å². The van der Waals surface area contributed by atoms with Crippen LogP contribution in [0.2, 0.25) is 0 Å². The van der Waals surface area contributed by atoms with Crippen molar-refractivity contribution in [3.8, 4) is 0 Å². The second-order valence-corrected chi connectivity index (χ2v) is 8.08. The lowest BCUT2D eigenvalue weighted by molar-refractivity contribution is -0.115. The first-order valence-corrected chi connectivity index (χ1v) is 9.86. The second kappa shape index (κ2) is 7.77. The number of rotatable bonds is 6. The van der Waals surface area contributed by atoms with Crippen LogP contribution in [-0.2, 0) is 14.6 Å². The summed E-state index contributed by atoms with van der Waals surface area (Å²) in [6.45, 7) is 0.901. The average molecular weight is 359 g/mol. The van der Waals surface area contributed by atoms with E-state index in [0.717, 1.165) is 18.5 Å². The Kier molecular flexibility index (Phi) is 5.47. The van der Waals surface area contributed by atoms with Gasteiger partial charge in [0.05, 0.1) is 10.6 Å². The van der Waals surface area contributed by atoms with Gasteiger partial charge < -0.3 is 5.32 Å². The Bertz CT molecular complexity index is 832. The van der Waals surface area contributed by atoms with Gasteiger partial charge in [-0.2, -0.15) is 0 Å². The number of carbonyl (C=O) groups is 1. The van der Waals surface area contributed by atoms with Gasteiger partial charge in [0.25, 0.3) is 0 Å². The Morgan fingerprint density at radius 3 is 2.64 bits per heavy atom. The van der Waals surface area contributed by atoms with Crippen molar-refractivity contribution in [2.75, 3.05) is 17.6 Å². The van der Waals surface area contributed by atoms with Crippen LogP contribution >= 0.6 is 0 Å². The molecule has 1 amide bonds. The van der Waals surface area contributed by atoms with Crippen LogP contribution in [0.1, 0.15) is 24.4 Å². The summed E-state index contributed by atoms with van der Waals surface area (Å²) in [6.07, 6.45) is 0.900. The summed E-state index contributed by atoms with van der Waals surface area (Å²) >= 11 is 0. The molecule has 0 bridgehead atoms. The van der Waals surface area contributed by atoms with Gasteiger partial charge in [-0.05, 0) is 36.2 Å². The van der Waals surface area contributed by atoms with E-state index < -0.39 is 9.84 Å². The lowest BCUT2D eigenvalue weighted by Crippen LogP contribution is -2.24. The molecule has 3 rings (SSSR count). The maximum Gasteiger partial charge on any atom is 0.225 e. The molecule has 1 heterocycles. The van der Waals surface area contributed by atoms with Crippen molar-refractivity contribution in [3.05, 3.63) is 60.2 Å². The van der Waals surface area contributed by atoms with E-state index in [1.54, 1.807) is 36.4 Å². The van der Waals surface area contributed by atoms with E-state index in [4.69, 9.17) is 0 Å². The molecule has 0 radical (unpaired) electrons. The summed E-state index contributed by atoms with van der Waals surface area (Å²) in [5.74, 6) is -0.523. The van der Waals surface area contributed by atoms with Gasteiger partial charge in [-0.3, -0.25) is 15.6 Å². The monoisotopic (exact) mass is 359 g/mol. The van der Waals surface area contributed by atoms with Crippen LogP contribution < -0.4 is 16.2 Å². The molecule has 1 aliphatic heterocycles. The Morgan fingerprint density at radius 1 is 1.12 bits per heavy atom. The number of benzene rings is 2. The molecular formula is C18H21N3O3S. The highest BCUT2D eigenvalue weighted by atomic mass is 32.2. The quantitative estimate of drug-likeness (QED) is 0.735. The highest BCUT2D eigenvalue weighted by molar-refractivity contribution is 7.91. The summed E-state index contributed by atoms with van der Waals surface area (Å²) in [5, 5.41) is 2.78. The molecule has 0 spiro atoms. The van der Waals surface area contributed by atoms with Crippen molar-refractivity contribution in [2.45, 2.75) is 23.8 Å². The standard InChI is InChI=1S/C18H21N3O3S/c22-18(10-12-25(23,24)16-7-2-1-3-8-16)20-15-6-4-5-14(13-15)17-9-11-19-21-17/h1-8,13,17,19,21H,9-12H2,(H,20,22). The van der Waals surface area contributed by atoms with Gasteiger partial charge in [0.2, 0.25) is 5.91 Å². The minimum Gasteiger partial charge on any atom is -0.326 e. The number of nitrogens with one attached hydrogen (secondary N) is 3. The maximum absolute atomic E-state index is 12.2. The molecule has 25 heavy (non-hydrogen) atoms. The Labute approximate surface area is 147 Å². The highest BCUT2D eigenvalue weighted by Gasteiger charge is 2.18. The van der Waals surface area contributed by atoms with E-state index in [1.165, 1.54) is 0 Å². The molecule has 132 valence electrons. The minimum atomic E-state index is -3.45. The average Bonchev–Trinajstić information content (AvgIpc) is 3.16. The van der Waals surface area contributed by atoms with Crippen LogP contribution in [0.25, 0.3) is 0 Å². The summed E-state index contributed by atoms with van der Waals surface area (Å²) in [5.41, 5.74) is 8.01. The molecule has 1 atom stereocenters. The molecule has 2 aromatic carbocycles. The van der Waals surface area contributed by atoms with Gasteiger partial charge in [0.1, 0.15) is 0 Å². The van der Waals surface area contributed by atoms with E-state index >= 15 is 0 Å². The fourth-order valence-corrected chi connectivity index (χ4v) is 4.03. The zero-order chi connectivity index (χ0) is 17.7. The molecular weight excluding hydrogens is 338 g/mol. The third kappa shape index (κ3) is 4.66. The Hall–Kier alpha value is -2.22. The summed E-state index contributed by atoms with van der Waals surface area (Å²) < 4.78 is 24.4. The maximum atomic E-state index is 12.2. The molecule has 0 aliphatic carbocycles. The fraction of sp³-hybridized carbons (Fsp3) is 0.278. The molecule has 1 saturated heterocycles. The smallest absolute Gasteiger partial charge is 0.225 e. The molecule has 7 heteroatoms. The zero-order valence-electron chi connectivity index (χ0n) is 13.7. The van der Waals surface area contributed by atoms with Gasteiger partial charge in [-0.15, -0.1) is 0 Å². The first kappa shape index (κ1) is 17.6. The SMILES string of the molecule is O=C(CCS(=O)(=O)c1ccccc1)Nc1cccc(C2CCNN2)c1. The predicted octanol–water partition coefficient (Wildman–Crippen LogP) is 2.03. The number of anilines is 1. The number of amides is 1. The topological polar surface area (TPSA) is 87.3 Å². The van der Waals surface area contributed by atoms with E-state index in [2.05, 4.69) is 16.2 Å². The molecule has 6 nitrogen and oxygen atoms in total. The van der Waals surface area contributed by atoms with Crippen molar-refractivity contribution in [2.24, 2.45) is 0 Å². The molecule has 2 aromatic rings. The van der Waals surface area contributed by atoms with Crippen LogP contribution in [0.4, 0.5) is 5.69 Å². The van der Waals surface area contributed by atoms with Crippen LogP contribution in [0.15, 0.2) is 59.5 Å². The van der Waals surface area contributed by atoms with E-state index in [1.807, 2.05) is 18.2 Å². The molecule has 3 N–H and O–H groups in total. The Balaban J connectivity index is 1.58. The first-order chi connectivity index (χ1) is 12.0. The summed E-state index contributed by atoms with van der Waals surface area (Å²) in [6, 6.07) is 16.0. The van der Waals surface area contributed by atoms with Crippen molar-refractivity contribution in [1.29, 1.82) is 0 Å². The van der Waals surface area contributed by atoms with Crippen LogP contribution in [-0.4, -0.2) is 26.6 Å². The second-order valence-electron chi connectivity index (χ2n) is 5.97. The first-order valence-electron chi connectivity index (χ1n) is 8.21. The Morgan fingerprint density at radius 2 is 1.92 bits per heavy atom. The molecule has 1 unspecified atom stereocenters. The van der Waals surface area contributed by atoms with Gasteiger partial charge in [0, 0.05) is 24.7 Å².